The van der Waals surface area contributed by atoms with Crippen LogP contribution >= 0.6 is 0 Å². The van der Waals surface area contributed by atoms with Crippen molar-refractivity contribution in [2.75, 3.05) is 7.11 Å². The van der Waals surface area contributed by atoms with Gasteiger partial charge in [0.2, 0.25) is 11.6 Å². The first-order valence-corrected chi connectivity index (χ1v) is 4.75. The molecule has 0 radical (unpaired) electrons. The van der Waals surface area contributed by atoms with Crippen molar-refractivity contribution in [3.8, 4) is 0 Å². The van der Waals surface area contributed by atoms with Gasteiger partial charge >= 0.3 is 5.97 Å². The molecule has 0 aromatic heterocycles. The lowest BCUT2D eigenvalue weighted by Crippen LogP contribution is -2.18. The molecule has 0 amide bonds. The van der Waals surface area contributed by atoms with Gasteiger partial charge in [-0.05, 0) is 6.92 Å². The fourth-order valence-corrected chi connectivity index (χ4v) is 1.15. The van der Waals surface area contributed by atoms with Gasteiger partial charge in [-0.3, -0.25) is 14.4 Å². The van der Waals surface area contributed by atoms with Gasteiger partial charge in [-0.15, -0.1) is 0 Å². The Bertz CT molecular complexity index is 417. The first-order valence-electron chi connectivity index (χ1n) is 4.75. The van der Waals surface area contributed by atoms with Crippen molar-refractivity contribution in [1.82, 2.24) is 0 Å². The van der Waals surface area contributed by atoms with Gasteiger partial charge in [-0.2, -0.15) is 0 Å². The van der Waals surface area contributed by atoms with E-state index in [1.54, 1.807) is 24.3 Å². The summed E-state index contributed by atoms with van der Waals surface area (Å²) in [6, 6.07) is 6.59. The van der Waals surface area contributed by atoms with E-state index in [1.807, 2.05) is 6.92 Å². The third kappa shape index (κ3) is 3.02. The highest BCUT2D eigenvalue weighted by atomic mass is 16.5. The maximum Gasteiger partial charge on any atom is 0.313 e. The Labute approximate surface area is 93.2 Å². The molecule has 0 aliphatic heterocycles. The molecule has 1 aromatic rings. The summed E-state index contributed by atoms with van der Waals surface area (Å²) in [6.45, 7) is 1.88. The Kier molecular flexibility index (Phi) is 3.94. The number of benzene rings is 1. The number of Topliss-reactive ketones (excluding diaryl/α,β-unsaturated/α-hetero) is 2. The number of carbonyl (C=O) groups excluding carboxylic acids is 3. The van der Waals surface area contributed by atoms with Crippen LogP contribution in [-0.4, -0.2) is 24.6 Å². The van der Waals surface area contributed by atoms with Crippen LogP contribution in [0.15, 0.2) is 24.3 Å². The van der Waals surface area contributed by atoms with Gasteiger partial charge in [-0.25, -0.2) is 0 Å². The van der Waals surface area contributed by atoms with Crippen LogP contribution in [0, 0.1) is 6.92 Å². The second-order valence-corrected chi connectivity index (χ2v) is 3.37. The van der Waals surface area contributed by atoms with E-state index in [4.69, 9.17) is 0 Å². The summed E-state index contributed by atoms with van der Waals surface area (Å²) in [5.41, 5.74) is 1.29. The van der Waals surface area contributed by atoms with Crippen LogP contribution in [0.2, 0.25) is 0 Å². The van der Waals surface area contributed by atoms with Crippen LogP contribution < -0.4 is 0 Å². The van der Waals surface area contributed by atoms with Gasteiger partial charge in [0.1, 0.15) is 6.42 Å². The zero-order chi connectivity index (χ0) is 12.1. The Balaban J connectivity index is 2.74. The average molecular weight is 220 g/mol. The van der Waals surface area contributed by atoms with Crippen molar-refractivity contribution in [2.45, 2.75) is 13.3 Å². The number of methoxy groups -OCH3 is 1. The number of ether oxygens (including phenoxy) is 1. The number of ketones is 2. The lowest BCUT2D eigenvalue weighted by molar-refractivity contribution is -0.142. The summed E-state index contributed by atoms with van der Waals surface area (Å²) in [6.07, 6.45) is -0.511. The Morgan fingerprint density at radius 3 is 2.19 bits per heavy atom. The highest BCUT2D eigenvalue weighted by Crippen LogP contribution is 2.06. The topological polar surface area (TPSA) is 60.4 Å². The number of esters is 1. The van der Waals surface area contributed by atoms with Gasteiger partial charge in [0.25, 0.3) is 0 Å². The van der Waals surface area contributed by atoms with Gasteiger partial charge in [0.05, 0.1) is 7.11 Å². The lowest BCUT2D eigenvalue weighted by atomic mass is 10.0. The van der Waals surface area contributed by atoms with Gasteiger partial charge in [-0.1, -0.05) is 29.8 Å². The van der Waals surface area contributed by atoms with Crippen LogP contribution in [0.3, 0.4) is 0 Å². The summed E-state index contributed by atoms with van der Waals surface area (Å²) in [5.74, 6) is -2.12. The van der Waals surface area contributed by atoms with Crippen molar-refractivity contribution in [3.63, 3.8) is 0 Å². The molecule has 0 N–H and O–H groups in total. The first kappa shape index (κ1) is 12.1. The zero-order valence-corrected chi connectivity index (χ0v) is 9.15. The van der Waals surface area contributed by atoms with Crippen molar-refractivity contribution in [3.05, 3.63) is 35.4 Å². The quantitative estimate of drug-likeness (QED) is 0.332. The van der Waals surface area contributed by atoms with Crippen molar-refractivity contribution in [2.24, 2.45) is 0 Å². The minimum atomic E-state index is -0.754. The number of aryl methyl sites for hydroxylation is 1. The lowest BCUT2D eigenvalue weighted by Gasteiger charge is -2.00. The van der Waals surface area contributed by atoms with Crippen LogP contribution in [-0.2, 0) is 14.3 Å². The third-order valence-electron chi connectivity index (χ3n) is 2.10. The minimum Gasteiger partial charge on any atom is -0.469 e. The monoisotopic (exact) mass is 220 g/mol. The molecule has 0 saturated carbocycles. The van der Waals surface area contributed by atoms with Gasteiger partial charge in [0, 0.05) is 5.56 Å². The van der Waals surface area contributed by atoms with Crippen molar-refractivity contribution in [1.29, 1.82) is 0 Å². The summed E-state index contributed by atoms with van der Waals surface area (Å²) in [4.78, 5) is 33.7. The number of hydrogen-bond donors (Lipinski definition) is 0. The molecule has 0 heterocycles. The van der Waals surface area contributed by atoms with E-state index in [2.05, 4.69) is 4.74 Å². The maximum absolute atomic E-state index is 11.6. The second kappa shape index (κ2) is 5.21. The van der Waals surface area contributed by atoms with E-state index in [0.717, 1.165) is 5.56 Å². The molecule has 16 heavy (non-hydrogen) atoms. The summed E-state index contributed by atoms with van der Waals surface area (Å²) in [5, 5.41) is 0. The van der Waals surface area contributed by atoms with E-state index >= 15 is 0 Å². The molecule has 0 unspecified atom stereocenters. The predicted molar refractivity (Wildman–Crippen MR) is 57.1 cm³/mol. The number of hydrogen-bond acceptors (Lipinski definition) is 4. The van der Waals surface area contributed by atoms with Crippen LogP contribution in [0.4, 0.5) is 0 Å². The molecule has 4 heteroatoms. The molecule has 84 valence electrons. The van der Waals surface area contributed by atoms with E-state index in [-0.39, 0.29) is 0 Å². The third-order valence-corrected chi connectivity index (χ3v) is 2.10. The van der Waals surface area contributed by atoms with Crippen LogP contribution in [0.25, 0.3) is 0 Å². The highest BCUT2D eigenvalue weighted by molar-refractivity contribution is 6.45. The summed E-state index contributed by atoms with van der Waals surface area (Å²) < 4.78 is 4.31. The molecule has 0 spiro atoms. The Morgan fingerprint density at radius 2 is 1.69 bits per heavy atom. The molecule has 0 fully saturated rings. The molecule has 0 saturated heterocycles. The van der Waals surface area contributed by atoms with E-state index in [9.17, 15) is 14.4 Å². The molecular weight excluding hydrogens is 208 g/mol. The smallest absolute Gasteiger partial charge is 0.313 e. The normalized spacial score (nSPS) is 9.62. The fourth-order valence-electron chi connectivity index (χ4n) is 1.15. The average Bonchev–Trinajstić information content (AvgIpc) is 2.28. The SMILES string of the molecule is COC(=O)CC(=O)C(=O)c1ccc(C)cc1. The van der Waals surface area contributed by atoms with Crippen molar-refractivity contribution < 1.29 is 19.1 Å². The molecule has 1 rings (SSSR count). The van der Waals surface area contributed by atoms with E-state index < -0.39 is 24.0 Å². The standard InChI is InChI=1S/C12H12O4/c1-8-3-5-9(6-4-8)12(15)10(13)7-11(14)16-2/h3-6H,7H2,1-2H3. The van der Waals surface area contributed by atoms with E-state index in [1.165, 1.54) is 7.11 Å². The van der Waals surface area contributed by atoms with Crippen LogP contribution in [0.5, 0.6) is 0 Å². The maximum atomic E-state index is 11.6. The molecule has 1 aromatic carbocycles. The molecule has 4 nitrogen and oxygen atoms in total. The molecule has 0 atom stereocenters. The van der Waals surface area contributed by atoms with Crippen molar-refractivity contribution >= 4 is 17.5 Å². The molecule has 0 bridgehead atoms. The van der Waals surface area contributed by atoms with Crippen LogP contribution in [0.1, 0.15) is 22.3 Å². The largest absolute Gasteiger partial charge is 0.469 e. The molecule has 0 aliphatic rings. The van der Waals surface area contributed by atoms with E-state index in [0.29, 0.717) is 5.56 Å². The fraction of sp³-hybridized carbons (Fsp3) is 0.250. The highest BCUT2D eigenvalue weighted by Gasteiger charge is 2.19. The molecular formula is C12H12O4. The predicted octanol–water partition coefficient (Wildman–Crippen LogP) is 1.31. The summed E-state index contributed by atoms with van der Waals surface area (Å²) >= 11 is 0. The van der Waals surface area contributed by atoms with Gasteiger partial charge < -0.3 is 4.74 Å². The number of rotatable bonds is 4. The zero-order valence-electron chi connectivity index (χ0n) is 9.15. The number of carbonyl (C=O) groups is 3. The second-order valence-electron chi connectivity index (χ2n) is 3.37. The Hall–Kier alpha value is -1.97. The molecule has 0 aliphatic carbocycles. The van der Waals surface area contributed by atoms with Gasteiger partial charge in [0.15, 0.2) is 0 Å². The minimum absolute atomic E-state index is 0.291. The Morgan fingerprint density at radius 1 is 1.12 bits per heavy atom. The first-order chi connectivity index (χ1) is 7.54. The summed E-state index contributed by atoms with van der Waals surface area (Å²) in [7, 11) is 1.17.